The maximum atomic E-state index is 10.3. The summed E-state index contributed by atoms with van der Waals surface area (Å²) in [6, 6.07) is 17.9. The average Bonchev–Trinajstić information content (AvgIpc) is 2.78. The maximum absolute atomic E-state index is 10.3. The lowest BCUT2D eigenvalue weighted by Crippen LogP contribution is -2.28. The van der Waals surface area contributed by atoms with Crippen LogP contribution in [0.4, 0.5) is 0 Å². The minimum Gasteiger partial charge on any atom is -0.505 e. The Labute approximate surface area is 191 Å². The minimum atomic E-state index is -0.715. The molecule has 0 spiro atoms. The first-order valence-corrected chi connectivity index (χ1v) is 10.2. The van der Waals surface area contributed by atoms with Crippen LogP contribution in [0.2, 0.25) is 0 Å². The topological polar surface area (TPSA) is 73.6 Å². The third-order valence-corrected chi connectivity index (χ3v) is 5.94. The van der Waals surface area contributed by atoms with Crippen LogP contribution in [-0.4, -0.2) is 36.0 Å². The van der Waals surface area contributed by atoms with Gasteiger partial charge in [0, 0.05) is 27.4 Å². The van der Waals surface area contributed by atoms with Crippen molar-refractivity contribution in [3.05, 3.63) is 70.8 Å². The van der Waals surface area contributed by atoms with Crippen molar-refractivity contribution in [3.63, 3.8) is 0 Å². The number of benzene rings is 3. The second kappa shape index (κ2) is 8.16. The minimum absolute atomic E-state index is 0.0248. The largest absolute Gasteiger partial charge is 0.505 e. The van der Waals surface area contributed by atoms with E-state index in [1.165, 1.54) is 0 Å². The van der Waals surface area contributed by atoms with E-state index in [4.69, 9.17) is 15.7 Å². The van der Waals surface area contributed by atoms with Gasteiger partial charge in [-0.2, -0.15) is 0 Å². The fourth-order valence-electron chi connectivity index (χ4n) is 3.51. The van der Waals surface area contributed by atoms with Crippen LogP contribution in [0.3, 0.4) is 0 Å². The fourth-order valence-corrected chi connectivity index (χ4v) is 4.03. The van der Waals surface area contributed by atoms with Crippen molar-refractivity contribution in [1.82, 2.24) is 4.98 Å². The molecule has 4 aromatic rings. The highest BCUT2D eigenvalue weighted by atomic mass is 79.9. The van der Waals surface area contributed by atoms with Gasteiger partial charge in [0.25, 0.3) is 0 Å². The van der Waals surface area contributed by atoms with Crippen LogP contribution in [0.5, 0.6) is 17.2 Å². The molecule has 0 aliphatic heterocycles. The summed E-state index contributed by atoms with van der Waals surface area (Å²) < 4.78 is 1.02. The molecule has 0 fully saturated rings. The number of aromatic hydroxyl groups is 3. The number of halogens is 1. The number of phenolic OH excluding ortho intramolecular Hbond substituents is 3. The molecule has 148 valence electrons. The summed E-state index contributed by atoms with van der Waals surface area (Å²) in [5.74, 6) is -1.90. The van der Waals surface area contributed by atoms with E-state index in [9.17, 15) is 15.3 Å². The standard InChI is InChI=1S/C24H16B2BrNO3/c1-12-10-18(14-8-6-13(7-9-14)15-4-2-3-5-17(15)27)28-11-16(12)19-20(25)21(26)23(30)24(31)22(19)29/h2-11,29-31H,1H3. The Morgan fingerprint density at radius 3 is 2.06 bits per heavy atom. The van der Waals surface area contributed by atoms with E-state index in [0.29, 0.717) is 5.56 Å². The smallest absolute Gasteiger partial charge is 0.200 e. The molecular formula is C24H16B2BrNO3. The first-order chi connectivity index (χ1) is 14.8. The Morgan fingerprint density at radius 1 is 0.774 bits per heavy atom. The molecular weight excluding hydrogens is 452 g/mol. The molecule has 0 saturated heterocycles. The zero-order valence-electron chi connectivity index (χ0n) is 16.6. The highest BCUT2D eigenvalue weighted by Gasteiger charge is 2.20. The number of rotatable bonds is 3. The third kappa shape index (κ3) is 3.70. The van der Waals surface area contributed by atoms with Gasteiger partial charge < -0.3 is 15.3 Å². The van der Waals surface area contributed by atoms with E-state index in [2.05, 4.69) is 20.9 Å². The Morgan fingerprint density at radius 2 is 1.42 bits per heavy atom. The molecule has 0 amide bonds. The lowest BCUT2D eigenvalue weighted by molar-refractivity contribution is 0.371. The number of phenols is 3. The van der Waals surface area contributed by atoms with Crippen LogP contribution < -0.4 is 10.9 Å². The summed E-state index contributed by atoms with van der Waals surface area (Å²) in [6.07, 6.45) is 1.56. The molecule has 0 saturated carbocycles. The number of hydrogen-bond acceptors (Lipinski definition) is 4. The number of aromatic nitrogens is 1. The van der Waals surface area contributed by atoms with Crippen LogP contribution in [0.1, 0.15) is 5.56 Å². The number of hydrogen-bond donors (Lipinski definition) is 3. The summed E-state index contributed by atoms with van der Waals surface area (Å²) in [7, 11) is 11.8. The van der Waals surface area contributed by atoms with Crippen LogP contribution in [0.15, 0.2) is 65.3 Å². The van der Waals surface area contributed by atoms with Gasteiger partial charge in [-0.25, -0.2) is 0 Å². The zero-order chi connectivity index (χ0) is 22.3. The van der Waals surface area contributed by atoms with Gasteiger partial charge in [0.2, 0.25) is 0 Å². The molecule has 7 heteroatoms. The molecule has 3 N–H and O–H groups in total. The van der Waals surface area contributed by atoms with Gasteiger partial charge in [-0.05, 0) is 35.7 Å². The van der Waals surface area contributed by atoms with Crippen molar-refractivity contribution in [2.45, 2.75) is 6.92 Å². The van der Waals surface area contributed by atoms with E-state index in [-0.39, 0.29) is 16.5 Å². The fraction of sp³-hybridized carbons (Fsp3) is 0.0417. The van der Waals surface area contributed by atoms with Gasteiger partial charge >= 0.3 is 0 Å². The SMILES string of the molecule is [B]c1c([B])c(-c2cnc(-c3ccc(-c4ccccc4Br)cc3)cc2C)c(O)c(O)c1O. The van der Waals surface area contributed by atoms with Crippen molar-refractivity contribution in [3.8, 4) is 50.8 Å². The van der Waals surface area contributed by atoms with Gasteiger partial charge in [-0.1, -0.05) is 69.3 Å². The number of pyridine rings is 1. The van der Waals surface area contributed by atoms with Crippen LogP contribution in [0.25, 0.3) is 33.5 Å². The van der Waals surface area contributed by atoms with Crippen molar-refractivity contribution in [1.29, 1.82) is 0 Å². The molecule has 4 rings (SSSR count). The molecule has 1 heterocycles. The normalized spacial score (nSPS) is 10.9. The van der Waals surface area contributed by atoms with Crippen LogP contribution >= 0.6 is 15.9 Å². The molecule has 0 aliphatic rings. The lowest BCUT2D eigenvalue weighted by Gasteiger charge is -2.17. The third-order valence-electron chi connectivity index (χ3n) is 5.25. The molecule has 0 bridgehead atoms. The highest BCUT2D eigenvalue weighted by molar-refractivity contribution is 9.10. The second-order valence-corrected chi connectivity index (χ2v) is 8.04. The molecule has 0 unspecified atom stereocenters. The Bertz CT molecular complexity index is 1280. The van der Waals surface area contributed by atoms with Gasteiger partial charge in [-0.3, -0.25) is 4.98 Å². The van der Waals surface area contributed by atoms with Crippen LogP contribution in [0, 0.1) is 6.92 Å². The monoisotopic (exact) mass is 467 g/mol. The molecule has 4 nitrogen and oxygen atoms in total. The molecule has 1 aromatic heterocycles. The second-order valence-electron chi connectivity index (χ2n) is 7.19. The van der Waals surface area contributed by atoms with Gasteiger partial charge in [0.15, 0.2) is 17.2 Å². The summed E-state index contributed by atoms with van der Waals surface area (Å²) in [5.41, 5.74) is 5.04. The summed E-state index contributed by atoms with van der Waals surface area (Å²) in [4.78, 5) is 4.51. The van der Waals surface area contributed by atoms with Gasteiger partial charge in [0.05, 0.1) is 5.69 Å². The van der Waals surface area contributed by atoms with Crippen molar-refractivity contribution in [2.75, 3.05) is 0 Å². The molecule has 0 atom stereocenters. The molecule has 0 aliphatic carbocycles. The van der Waals surface area contributed by atoms with E-state index in [0.717, 1.165) is 32.4 Å². The molecule has 31 heavy (non-hydrogen) atoms. The predicted octanol–water partition coefficient (Wildman–Crippen LogP) is 3.86. The maximum Gasteiger partial charge on any atom is 0.200 e. The lowest BCUT2D eigenvalue weighted by atomic mass is 9.74. The summed E-state index contributed by atoms with van der Waals surface area (Å²) in [6.45, 7) is 1.84. The van der Waals surface area contributed by atoms with Gasteiger partial charge in [-0.15, -0.1) is 0 Å². The number of nitrogens with zero attached hydrogens (tertiary/aromatic N) is 1. The van der Waals surface area contributed by atoms with Crippen molar-refractivity contribution >= 4 is 42.5 Å². The summed E-state index contributed by atoms with van der Waals surface area (Å²) >= 11 is 3.58. The Kier molecular flexibility index (Phi) is 5.54. The number of aryl methyl sites for hydroxylation is 1. The molecule has 3 aromatic carbocycles. The highest BCUT2D eigenvalue weighted by Crippen LogP contribution is 2.40. The summed E-state index contributed by atoms with van der Waals surface area (Å²) in [5, 5.41) is 30.1. The van der Waals surface area contributed by atoms with E-state index in [1.54, 1.807) is 6.20 Å². The van der Waals surface area contributed by atoms with E-state index in [1.807, 2.05) is 61.5 Å². The van der Waals surface area contributed by atoms with Crippen molar-refractivity contribution in [2.24, 2.45) is 0 Å². The Balaban J connectivity index is 1.73. The zero-order valence-corrected chi connectivity index (χ0v) is 18.2. The van der Waals surface area contributed by atoms with Gasteiger partial charge in [0.1, 0.15) is 15.7 Å². The van der Waals surface area contributed by atoms with E-state index >= 15 is 0 Å². The first kappa shape index (κ1) is 21.1. The molecule has 4 radical (unpaired) electrons. The van der Waals surface area contributed by atoms with Crippen LogP contribution in [-0.2, 0) is 0 Å². The van der Waals surface area contributed by atoms with E-state index < -0.39 is 17.2 Å². The average molecular weight is 468 g/mol. The predicted molar refractivity (Wildman–Crippen MR) is 129 cm³/mol. The Hall–Kier alpha value is -3.18. The first-order valence-electron chi connectivity index (χ1n) is 9.43. The van der Waals surface area contributed by atoms with Crippen molar-refractivity contribution < 1.29 is 15.3 Å². The quantitative estimate of drug-likeness (QED) is 0.316.